The second-order valence-electron chi connectivity index (χ2n) is 7.97. The van der Waals surface area contributed by atoms with Crippen LogP contribution in [-0.2, 0) is 13.1 Å². The standard InChI is InChI=1S/C22H26N6O3/c1-16-4-5-17(13-20(16)28(30)31)14-24-18-6-9-26(10-7-18)11-12-27-19-3-2-8-23-22(19)25-15-21(27)29/h2-5,8,13,15,18,24H,6-7,9-12,14H2,1H3. The van der Waals surface area contributed by atoms with Gasteiger partial charge in [-0.2, -0.15) is 0 Å². The molecule has 0 atom stereocenters. The summed E-state index contributed by atoms with van der Waals surface area (Å²) in [4.78, 5) is 33.8. The highest BCUT2D eigenvalue weighted by Gasteiger charge is 2.19. The summed E-state index contributed by atoms with van der Waals surface area (Å²) in [6.07, 6.45) is 5.01. The summed E-state index contributed by atoms with van der Waals surface area (Å²) < 4.78 is 1.74. The summed E-state index contributed by atoms with van der Waals surface area (Å²) >= 11 is 0. The number of aromatic nitrogens is 3. The molecule has 1 aromatic carbocycles. The van der Waals surface area contributed by atoms with Crippen LogP contribution in [0, 0.1) is 17.0 Å². The molecule has 31 heavy (non-hydrogen) atoms. The summed E-state index contributed by atoms with van der Waals surface area (Å²) in [7, 11) is 0. The van der Waals surface area contributed by atoms with Gasteiger partial charge >= 0.3 is 0 Å². The lowest BCUT2D eigenvalue weighted by atomic mass is 10.0. The van der Waals surface area contributed by atoms with E-state index < -0.39 is 0 Å². The van der Waals surface area contributed by atoms with Gasteiger partial charge in [0, 0.05) is 43.5 Å². The van der Waals surface area contributed by atoms with Crippen LogP contribution in [-0.4, -0.2) is 50.0 Å². The van der Waals surface area contributed by atoms with Crippen LogP contribution in [0.2, 0.25) is 0 Å². The SMILES string of the molecule is Cc1ccc(CNC2CCN(CCn3c(=O)cnc4ncccc43)CC2)cc1[N+](=O)[O-]. The van der Waals surface area contributed by atoms with Crippen LogP contribution in [0.3, 0.4) is 0 Å². The van der Waals surface area contributed by atoms with E-state index in [0.29, 0.717) is 30.3 Å². The number of benzene rings is 1. The number of nitro groups is 1. The molecule has 0 amide bonds. The van der Waals surface area contributed by atoms with Gasteiger partial charge in [0.2, 0.25) is 0 Å². The highest BCUT2D eigenvalue weighted by Crippen LogP contribution is 2.20. The fourth-order valence-electron chi connectivity index (χ4n) is 4.06. The molecule has 9 nitrogen and oxygen atoms in total. The highest BCUT2D eigenvalue weighted by molar-refractivity contribution is 5.69. The van der Waals surface area contributed by atoms with Gasteiger partial charge in [0.15, 0.2) is 5.65 Å². The van der Waals surface area contributed by atoms with Gasteiger partial charge in [-0.05, 0) is 50.6 Å². The van der Waals surface area contributed by atoms with Crippen molar-refractivity contribution in [1.82, 2.24) is 24.8 Å². The summed E-state index contributed by atoms with van der Waals surface area (Å²) in [6, 6.07) is 9.48. The first-order chi connectivity index (χ1) is 15.0. The molecule has 1 fully saturated rings. The van der Waals surface area contributed by atoms with Gasteiger partial charge in [0.05, 0.1) is 16.6 Å². The minimum Gasteiger partial charge on any atom is -0.310 e. The molecule has 0 bridgehead atoms. The average Bonchev–Trinajstić information content (AvgIpc) is 2.78. The molecular formula is C22H26N6O3. The molecule has 3 aromatic rings. The van der Waals surface area contributed by atoms with Gasteiger partial charge in [-0.15, -0.1) is 0 Å². The number of pyridine rings is 1. The number of hydrogen-bond donors (Lipinski definition) is 1. The molecule has 0 saturated carbocycles. The number of piperidine rings is 1. The average molecular weight is 422 g/mol. The topological polar surface area (TPSA) is 106 Å². The molecule has 0 aliphatic carbocycles. The maximum atomic E-state index is 12.3. The number of nitrogens with zero attached hydrogens (tertiary/aromatic N) is 5. The molecular weight excluding hydrogens is 396 g/mol. The lowest BCUT2D eigenvalue weighted by Crippen LogP contribution is -2.43. The minimum absolute atomic E-state index is 0.107. The van der Waals surface area contributed by atoms with Crippen molar-refractivity contribution in [1.29, 1.82) is 0 Å². The van der Waals surface area contributed by atoms with E-state index in [1.54, 1.807) is 29.8 Å². The molecule has 162 valence electrons. The van der Waals surface area contributed by atoms with Gasteiger partial charge in [-0.25, -0.2) is 9.97 Å². The van der Waals surface area contributed by atoms with Crippen molar-refractivity contribution in [3.05, 3.63) is 74.3 Å². The Kier molecular flexibility index (Phi) is 6.34. The summed E-state index contributed by atoms with van der Waals surface area (Å²) in [5.74, 6) is 0. The predicted octanol–water partition coefficient (Wildman–Crippen LogP) is 2.26. The van der Waals surface area contributed by atoms with E-state index in [-0.39, 0.29) is 16.2 Å². The first-order valence-corrected chi connectivity index (χ1v) is 10.5. The van der Waals surface area contributed by atoms with Gasteiger partial charge in [0.1, 0.15) is 0 Å². The highest BCUT2D eigenvalue weighted by atomic mass is 16.6. The maximum Gasteiger partial charge on any atom is 0.272 e. The molecule has 3 heterocycles. The van der Waals surface area contributed by atoms with Crippen molar-refractivity contribution in [2.45, 2.75) is 38.9 Å². The van der Waals surface area contributed by atoms with Gasteiger partial charge in [-0.1, -0.05) is 12.1 Å². The van der Waals surface area contributed by atoms with Crippen LogP contribution in [0.5, 0.6) is 0 Å². The molecule has 1 saturated heterocycles. The number of nitrogens with one attached hydrogen (secondary N) is 1. The monoisotopic (exact) mass is 422 g/mol. The zero-order chi connectivity index (χ0) is 21.8. The maximum absolute atomic E-state index is 12.3. The van der Waals surface area contributed by atoms with Crippen molar-refractivity contribution in [3.63, 3.8) is 0 Å². The predicted molar refractivity (Wildman–Crippen MR) is 118 cm³/mol. The van der Waals surface area contributed by atoms with E-state index in [1.807, 2.05) is 18.2 Å². The molecule has 0 radical (unpaired) electrons. The van der Waals surface area contributed by atoms with Crippen molar-refractivity contribution in [2.24, 2.45) is 0 Å². The Balaban J connectivity index is 1.28. The third kappa shape index (κ3) is 4.95. The van der Waals surface area contributed by atoms with Gasteiger partial charge in [-0.3, -0.25) is 14.9 Å². The Morgan fingerprint density at radius 3 is 2.77 bits per heavy atom. The molecule has 2 aromatic heterocycles. The van der Waals surface area contributed by atoms with Crippen LogP contribution in [0.4, 0.5) is 5.69 Å². The third-order valence-electron chi connectivity index (χ3n) is 5.91. The quantitative estimate of drug-likeness (QED) is 0.460. The molecule has 1 N–H and O–H groups in total. The number of nitro benzene ring substituents is 1. The van der Waals surface area contributed by atoms with Crippen LogP contribution in [0.25, 0.3) is 11.2 Å². The molecule has 1 aliphatic heterocycles. The molecule has 1 aliphatic rings. The fraction of sp³-hybridized carbons (Fsp3) is 0.409. The second-order valence-corrected chi connectivity index (χ2v) is 7.97. The van der Waals surface area contributed by atoms with E-state index in [1.165, 1.54) is 6.20 Å². The van der Waals surface area contributed by atoms with Crippen molar-refractivity contribution < 1.29 is 4.92 Å². The summed E-state index contributed by atoms with van der Waals surface area (Å²) in [5, 5.41) is 14.7. The van der Waals surface area contributed by atoms with E-state index in [4.69, 9.17) is 0 Å². The van der Waals surface area contributed by atoms with E-state index >= 15 is 0 Å². The molecule has 9 heteroatoms. The van der Waals surface area contributed by atoms with Gasteiger partial charge < -0.3 is 14.8 Å². The van der Waals surface area contributed by atoms with Crippen LogP contribution >= 0.6 is 0 Å². The van der Waals surface area contributed by atoms with Crippen LogP contribution < -0.4 is 10.9 Å². The van der Waals surface area contributed by atoms with Crippen LogP contribution in [0.15, 0.2) is 47.5 Å². The van der Waals surface area contributed by atoms with E-state index in [2.05, 4.69) is 20.2 Å². The molecule has 0 unspecified atom stereocenters. The fourth-order valence-corrected chi connectivity index (χ4v) is 4.06. The van der Waals surface area contributed by atoms with Crippen molar-refractivity contribution in [3.8, 4) is 0 Å². The number of hydrogen-bond acceptors (Lipinski definition) is 7. The zero-order valence-corrected chi connectivity index (χ0v) is 17.5. The first kappa shape index (κ1) is 21.1. The molecule has 4 rings (SSSR count). The Morgan fingerprint density at radius 1 is 1.19 bits per heavy atom. The van der Waals surface area contributed by atoms with Gasteiger partial charge in [0.25, 0.3) is 11.2 Å². The number of likely N-dealkylation sites (tertiary alicyclic amines) is 1. The Hall–Kier alpha value is -3.17. The Labute approximate surface area is 179 Å². The summed E-state index contributed by atoms with van der Waals surface area (Å²) in [5.41, 5.74) is 3.02. The lowest BCUT2D eigenvalue weighted by Gasteiger charge is -2.32. The summed E-state index contributed by atoms with van der Waals surface area (Å²) in [6.45, 7) is 5.67. The number of fused-ring (bicyclic) bond motifs is 1. The minimum atomic E-state index is -0.329. The lowest BCUT2D eigenvalue weighted by molar-refractivity contribution is -0.385. The second kappa shape index (κ2) is 9.32. The van der Waals surface area contributed by atoms with Crippen molar-refractivity contribution in [2.75, 3.05) is 19.6 Å². The van der Waals surface area contributed by atoms with Crippen molar-refractivity contribution >= 4 is 16.9 Å². The normalized spacial score (nSPS) is 15.4. The third-order valence-corrected chi connectivity index (χ3v) is 5.91. The molecule has 0 spiro atoms. The Morgan fingerprint density at radius 2 is 2.00 bits per heavy atom. The van der Waals surface area contributed by atoms with E-state index in [0.717, 1.165) is 43.6 Å². The zero-order valence-electron chi connectivity index (χ0n) is 17.5. The Bertz CT molecular complexity index is 1140. The number of aryl methyl sites for hydroxylation is 1. The first-order valence-electron chi connectivity index (χ1n) is 10.5. The van der Waals surface area contributed by atoms with Crippen LogP contribution in [0.1, 0.15) is 24.0 Å². The number of rotatable bonds is 7. The van der Waals surface area contributed by atoms with E-state index in [9.17, 15) is 14.9 Å². The largest absolute Gasteiger partial charge is 0.310 e. The smallest absolute Gasteiger partial charge is 0.272 e.